The van der Waals surface area contributed by atoms with Crippen molar-refractivity contribution in [2.75, 3.05) is 26.9 Å². The molecule has 0 bridgehead atoms. The Hall–Kier alpha value is -6.10. The van der Waals surface area contributed by atoms with Crippen molar-refractivity contribution in [1.29, 1.82) is 0 Å². The molecule has 5 aromatic rings. The van der Waals surface area contributed by atoms with Crippen LogP contribution in [-0.4, -0.2) is 105 Å². The number of hydrogen-bond donors (Lipinski definition) is 4. The number of likely N-dealkylation sites (tertiary alicyclic amines) is 1. The Kier molecular flexibility index (Phi) is 11.4. The van der Waals surface area contributed by atoms with Gasteiger partial charge < -0.3 is 49.2 Å². The number of aromatic nitrogens is 5. The van der Waals surface area contributed by atoms with Crippen LogP contribution in [0.2, 0.25) is 19.1 Å². The maximum atomic E-state index is 14.0. The van der Waals surface area contributed by atoms with E-state index in [1.807, 2.05) is 62.9 Å². The van der Waals surface area contributed by atoms with Crippen LogP contribution < -0.4 is 15.4 Å². The number of amides is 4. The summed E-state index contributed by atoms with van der Waals surface area (Å²) in [4.78, 5) is 72.2. The van der Waals surface area contributed by atoms with E-state index in [1.165, 1.54) is 14.2 Å². The summed E-state index contributed by atoms with van der Waals surface area (Å²) in [5.74, 6) is 1.68. The summed E-state index contributed by atoms with van der Waals surface area (Å²) in [6.07, 6.45) is 4.37. The van der Waals surface area contributed by atoms with Crippen LogP contribution in [-0.2, 0) is 19.1 Å². The van der Waals surface area contributed by atoms with E-state index < -0.39 is 32.3 Å². The number of rotatable bonds is 10. The van der Waals surface area contributed by atoms with Gasteiger partial charge in [0.25, 0.3) is 0 Å². The summed E-state index contributed by atoms with van der Waals surface area (Å²) < 4.78 is 18.4. The Bertz CT molecular complexity index is 2520. The van der Waals surface area contributed by atoms with Gasteiger partial charge in [-0.25, -0.2) is 19.6 Å². The molecule has 0 saturated carbocycles. The van der Waals surface area contributed by atoms with Crippen molar-refractivity contribution in [2.45, 2.75) is 97.0 Å². The van der Waals surface area contributed by atoms with Crippen LogP contribution in [0, 0.1) is 11.8 Å². The van der Waals surface area contributed by atoms with Crippen molar-refractivity contribution in [1.82, 2.24) is 44.9 Å². The summed E-state index contributed by atoms with van der Waals surface area (Å²) in [5, 5.41) is 6.51. The first-order valence-electron chi connectivity index (χ1n) is 21.4. The minimum Gasteiger partial charge on any atom is -0.470 e. The lowest BCUT2D eigenvalue weighted by Crippen LogP contribution is -2.52. The number of methoxy groups -OCH3 is 2. The van der Waals surface area contributed by atoms with Crippen LogP contribution in [0.1, 0.15) is 77.4 Å². The minimum absolute atomic E-state index is 0.118. The van der Waals surface area contributed by atoms with Crippen molar-refractivity contribution >= 4 is 43.0 Å². The Morgan fingerprint density at radius 3 is 2.00 bits per heavy atom. The number of fused-ring (bicyclic) bond motifs is 5. The number of nitrogens with zero attached hydrogens (tertiary/aromatic N) is 5. The summed E-state index contributed by atoms with van der Waals surface area (Å²) >= 11 is 0. The Morgan fingerprint density at radius 2 is 1.39 bits per heavy atom. The fourth-order valence-corrected chi connectivity index (χ4v) is 12.2. The maximum absolute atomic E-state index is 14.0. The van der Waals surface area contributed by atoms with Crippen LogP contribution >= 0.6 is 0 Å². The molecule has 3 aromatic heterocycles. The first-order chi connectivity index (χ1) is 29.6. The molecule has 2 fully saturated rings. The third-order valence-corrected chi connectivity index (χ3v) is 15.2. The van der Waals surface area contributed by atoms with E-state index in [2.05, 4.69) is 74.7 Å². The van der Waals surface area contributed by atoms with E-state index in [0.29, 0.717) is 18.5 Å². The predicted octanol–water partition coefficient (Wildman–Crippen LogP) is 7.56. The number of carbonyl (C=O) groups is 4. The second kappa shape index (κ2) is 16.6. The second-order valence-corrected chi connectivity index (χ2v) is 23.3. The van der Waals surface area contributed by atoms with Gasteiger partial charge in [-0.05, 0) is 68.0 Å². The van der Waals surface area contributed by atoms with E-state index in [1.54, 1.807) is 0 Å². The smallest absolute Gasteiger partial charge is 0.407 e. The highest BCUT2D eigenvalue weighted by atomic mass is 28.3. The summed E-state index contributed by atoms with van der Waals surface area (Å²) in [5.41, 5.74) is 6.61. The first-order valence-corrected chi connectivity index (χ1v) is 24.9. The third kappa shape index (κ3) is 7.93. The molecular weight excluding hydrogens is 807 g/mol. The van der Waals surface area contributed by atoms with E-state index in [9.17, 15) is 19.2 Å². The van der Waals surface area contributed by atoms with Gasteiger partial charge in [0, 0.05) is 34.8 Å². The van der Waals surface area contributed by atoms with Crippen LogP contribution in [0.25, 0.3) is 44.7 Å². The maximum Gasteiger partial charge on any atom is 0.407 e. The average Bonchev–Trinajstić information content (AvgIpc) is 4.09. The van der Waals surface area contributed by atoms with Gasteiger partial charge >= 0.3 is 12.2 Å². The van der Waals surface area contributed by atoms with Gasteiger partial charge in [0.05, 0.1) is 69.4 Å². The number of H-pyrrole nitrogens is 2. The first kappa shape index (κ1) is 42.6. The standard InChI is InChI=1S/C45H57N9O7Si/c1-24(2)38(50-44(57)59-6)42(55)52-16-10-11-34(52)40-46-20-31(48-40)27-13-15-33-29(17-27)18-35-30-14-12-28(19-37(30)61-26(5)54(33)35)32-21-47-41(49-32)36-22-62(8,9)23-53(36)43(56)39(25(3)4)51-45(58)60-7/h12-15,17-21,24-26,34,36,38-39H,10-11,16,22-23H2,1-9H3,(H,46,48)(H,47,49)(H,50,57)(H,51,58)/t26?,34-,36-,38-,39-/m0/s1. The van der Waals surface area contributed by atoms with Crippen molar-refractivity contribution in [3.63, 3.8) is 0 Å². The minimum atomic E-state index is -1.78. The highest BCUT2D eigenvalue weighted by Crippen LogP contribution is 2.45. The Balaban J connectivity index is 1.02. The molecule has 4 amide bonds. The van der Waals surface area contributed by atoms with Crippen LogP contribution in [0.15, 0.2) is 54.9 Å². The number of carbonyl (C=O) groups excluding carboxylic acids is 4. The Morgan fingerprint density at radius 1 is 0.806 bits per heavy atom. The number of imidazole rings is 2. The monoisotopic (exact) mass is 863 g/mol. The number of ether oxygens (including phenoxy) is 3. The lowest BCUT2D eigenvalue weighted by atomic mass is 10.0. The molecule has 2 aromatic carbocycles. The molecule has 17 heteroatoms. The van der Waals surface area contributed by atoms with Gasteiger partial charge in [0.15, 0.2) is 6.23 Å². The normalized spacial score (nSPS) is 20.1. The zero-order chi connectivity index (χ0) is 44.2. The van der Waals surface area contributed by atoms with Crippen LogP contribution in [0.4, 0.5) is 9.59 Å². The highest BCUT2D eigenvalue weighted by molar-refractivity contribution is 6.78. The molecule has 62 heavy (non-hydrogen) atoms. The Labute approximate surface area is 362 Å². The van der Waals surface area contributed by atoms with Gasteiger partial charge in [0.2, 0.25) is 11.8 Å². The molecule has 16 nitrogen and oxygen atoms in total. The van der Waals surface area contributed by atoms with Gasteiger partial charge in [-0.3, -0.25) is 9.59 Å². The van der Waals surface area contributed by atoms with Gasteiger partial charge in [-0.1, -0.05) is 52.9 Å². The van der Waals surface area contributed by atoms with E-state index >= 15 is 0 Å². The van der Waals surface area contributed by atoms with Crippen molar-refractivity contribution in [2.24, 2.45) is 11.8 Å². The molecule has 1 unspecified atom stereocenters. The quantitative estimate of drug-likeness (QED) is 0.103. The highest BCUT2D eigenvalue weighted by Gasteiger charge is 2.46. The molecule has 2 saturated heterocycles. The van der Waals surface area contributed by atoms with Crippen LogP contribution in [0.5, 0.6) is 5.75 Å². The topological polar surface area (TPSA) is 189 Å². The zero-order valence-corrected chi connectivity index (χ0v) is 37.9. The SMILES string of the molecule is COC(=O)N[C@H](C(=O)N1CCC[C@H]1c1ncc(-c2ccc3c(c2)cc2n3C(C)Oc3cc(-c4cnc([C@@H]5C[Si](C)(C)CN5C(=O)[C@@H](NC(=O)OC)C(C)C)[nH]4)ccc3-2)[nH]1)C(C)C. The average molecular weight is 864 g/mol. The molecule has 3 aliphatic rings. The van der Waals surface area contributed by atoms with E-state index in [-0.39, 0.29) is 42.0 Å². The van der Waals surface area contributed by atoms with Crippen molar-refractivity contribution in [3.8, 4) is 39.5 Å². The second-order valence-electron chi connectivity index (χ2n) is 18.2. The van der Waals surface area contributed by atoms with Crippen LogP contribution in [0.3, 0.4) is 0 Å². The largest absolute Gasteiger partial charge is 0.470 e. The predicted molar refractivity (Wildman–Crippen MR) is 237 cm³/mol. The molecule has 4 N–H and O–H groups in total. The fraction of sp³-hybridized carbons (Fsp3) is 0.467. The van der Waals surface area contributed by atoms with Crippen molar-refractivity contribution < 1.29 is 33.4 Å². The molecule has 0 radical (unpaired) electrons. The van der Waals surface area contributed by atoms with Gasteiger partial charge in [0.1, 0.15) is 29.5 Å². The zero-order valence-electron chi connectivity index (χ0n) is 36.9. The lowest BCUT2D eigenvalue weighted by molar-refractivity contribution is -0.136. The fourth-order valence-electron chi connectivity index (χ4n) is 9.36. The molecule has 0 aliphatic carbocycles. The summed E-state index contributed by atoms with van der Waals surface area (Å²) in [7, 11) is 0.805. The molecule has 328 valence electrons. The van der Waals surface area contributed by atoms with E-state index in [0.717, 1.165) is 75.1 Å². The van der Waals surface area contributed by atoms with Crippen molar-refractivity contribution in [3.05, 3.63) is 66.5 Å². The number of benzene rings is 2. The van der Waals surface area contributed by atoms with Gasteiger partial charge in [-0.15, -0.1) is 0 Å². The molecule has 5 atom stereocenters. The van der Waals surface area contributed by atoms with E-state index in [4.69, 9.17) is 24.2 Å². The number of hydrogen-bond acceptors (Lipinski definition) is 9. The number of nitrogens with one attached hydrogen (secondary N) is 4. The molecule has 3 aliphatic heterocycles. The molecule has 6 heterocycles. The molecule has 0 spiro atoms. The number of alkyl carbamates (subject to hydrolysis) is 2. The third-order valence-electron chi connectivity index (χ3n) is 12.5. The summed E-state index contributed by atoms with van der Waals surface area (Å²) in [6, 6.07) is 13.7. The lowest BCUT2D eigenvalue weighted by Gasteiger charge is -2.30. The summed E-state index contributed by atoms with van der Waals surface area (Å²) in [6.45, 7) is 14.8. The molecule has 8 rings (SSSR count). The number of aromatic amines is 2. The van der Waals surface area contributed by atoms with Gasteiger partial charge in [-0.2, -0.15) is 0 Å². The molecular formula is C45H57N9O7Si.